The third-order valence-electron chi connectivity index (χ3n) is 5.91. The maximum absolute atomic E-state index is 5.53. The largest absolute Gasteiger partial charge is 0.383 e. The molecule has 0 aromatic heterocycles. The molecule has 0 amide bonds. The third kappa shape index (κ3) is 4.95. The van der Waals surface area contributed by atoms with Gasteiger partial charge in [-0.25, -0.2) is 0 Å². The summed E-state index contributed by atoms with van der Waals surface area (Å²) in [6.45, 7) is 10.9. The fourth-order valence-corrected chi connectivity index (χ4v) is 5.38. The number of hydrogen-bond acceptors (Lipinski definition) is 7. The molecular weight excluding hydrogens is 410 g/mol. The molecule has 0 bridgehead atoms. The summed E-state index contributed by atoms with van der Waals surface area (Å²) in [5.74, 6) is 0. The quantitative estimate of drug-likeness (QED) is 0.552. The lowest BCUT2D eigenvalue weighted by atomic mass is 10.1. The van der Waals surface area contributed by atoms with Crippen LogP contribution in [0.15, 0.2) is 34.1 Å². The Labute approximate surface area is 189 Å². The SMILES string of the molecule is COCCN(CCOC)c1cc(C)c2c(c1)Sc1cc(N3CCOCC3)cc(C)c1N2. The van der Waals surface area contributed by atoms with E-state index in [1.807, 2.05) is 11.8 Å². The number of nitrogens with zero attached hydrogens (tertiary/aromatic N) is 2. The van der Waals surface area contributed by atoms with Crippen molar-refractivity contribution in [3.63, 3.8) is 0 Å². The molecule has 1 saturated heterocycles. The molecule has 0 unspecified atom stereocenters. The van der Waals surface area contributed by atoms with Gasteiger partial charge < -0.3 is 29.3 Å². The monoisotopic (exact) mass is 443 g/mol. The van der Waals surface area contributed by atoms with Gasteiger partial charge >= 0.3 is 0 Å². The third-order valence-corrected chi connectivity index (χ3v) is 6.99. The summed E-state index contributed by atoms with van der Waals surface area (Å²) >= 11 is 1.86. The van der Waals surface area contributed by atoms with Crippen molar-refractivity contribution >= 4 is 34.5 Å². The van der Waals surface area contributed by atoms with Crippen LogP contribution < -0.4 is 15.1 Å². The van der Waals surface area contributed by atoms with Crippen molar-refractivity contribution in [2.75, 3.05) is 81.9 Å². The number of aryl methyl sites for hydroxylation is 2. The Morgan fingerprint density at radius 2 is 1.55 bits per heavy atom. The number of morpholine rings is 1. The van der Waals surface area contributed by atoms with Crippen LogP contribution in [0.25, 0.3) is 0 Å². The van der Waals surface area contributed by atoms with E-state index in [9.17, 15) is 0 Å². The number of benzene rings is 2. The van der Waals surface area contributed by atoms with E-state index in [0.717, 1.165) is 39.4 Å². The number of ether oxygens (including phenoxy) is 3. The molecule has 2 aliphatic heterocycles. The van der Waals surface area contributed by atoms with Crippen LogP contribution in [0, 0.1) is 13.8 Å². The zero-order valence-electron chi connectivity index (χ0n) is 19.0. The highest BCUT2D eigenvalue weighted by Crippen LogP contribution is 2.49. The molecule has 2 aromatic carbocycles. The highest BCUT2D eigenvalue weighted by Gasteiger charge is 2.23. The zero-order valence-corrected chi connectivity index (χ0v) is 19.8. The predicted octanol–water partition coefficient (Wildman–Crippen LogP) is 4.45. The summed E-state index contributed by atoms with van der Waals surface area (Å²) < 4.78 is 16.2. The second kappa shape index (κ2) is 10.1. The van der Waals surface area contributed by atoms with E-state index < -0.39 is 0 Å². The molecule has 0 spiro atoms. The molecule has 4 rings (SSSR count). The summed E-state index contributed by atoms with van der Waals surface area (Å²) in [5, 5.41) is 3.73. The Bertz CT molecular complexity index is 907. The molecule has 1 N–H and O–H groups in total. The number of rotatable bonds is 8. The number of nitrogens with one attached hydrogen (secondary N) is 1. The van der Waals surface area contributed by atoms with E-state index in [1.54, 1.807) is 14.2 Å². The van der Waals surface area contributed by atoms with Crippen molar-refractivity contribution in [1.82, 2.24) is 0 Å². The first-order valence-corrected chi connectivity index (χ1v) is 11.7. The van der Waals surface area contributed by atoms with Gasteiger partial charge in [0.05, 0.1) is 37.8 Å². The molecule has 168 valence electrons. The molecule has 2 aliphatic rings. The average molecular weight is 444 g/mol. The van der Waals surface area contributed by atoms with Crippen LogP contribution in [0.4, 0.5) is 22.7 Å². The lowest BCUT2D eigenvalue weighted by Crippen LogP contribution is -2.36. The second-order valence-corrected chi connectivity index (χ2v) is 9.15. The van der Waals surface area contributed by atoms with E-state index in [2.05, 4.69) is 53.2 Å². The normalized spacial score (nSPS) is 15.3. The van der Waals surface area contributed by atoms with Gasteiger partial charge in [-0.2, -0.15) is 0 Å². The number of methoxy groups -OCH3 is 2. The van der Waals surface area contributed by atoms with Crippen LogP contribution in [-0.4, -0.2) is 66.8 Å². The van der Waals surface area contributed by atoms with E-state index >= 15 is 0 Å². The van der Waals surface area contributed by atoms with Crippen molar-refractivity contribution in [1.29, 1.82) is 0 Å². The standard InChI is InChI=1S/C24H33N3O3S/c1-17-13-19(26(5-9-28-3)6-10-29-4)15-21-23(17)25-24-18(2)14-20(16-22(24)31-21)27-7-11-30-12-8-27/h13-16,25H,5-12H2,1-4H3. The molecule has 7 heteroatoms. The highest BCUT2D eigenvalue weighted by atomic mass is 32.2. The van der Waals surface area contributed by atoms with Gasteiger partial charge in [0, 0.05) is 61.6 Å². The van der Waals surface area contributed by atoms with Crippen molar-refractivity contribution in [2.24, 2.45) is 0 Å². The van der Waals surface area contributed by atoms with Gasteiger partial charge in [-0.05, 0) is 49.2 Å². The summed E-state index contributed by atoms with van der Waals surface area (Å²) in [6.07, 6.45) is 0. The van der Waals surface area contributed by atoms with Crippen LogP contribution in [0.2, 0.25) is 0 Å². The minimum absolute atomic E-state index is 0.691. The van der Waals surface area contributed by atoms with Crippen LogP contribution in [0.3, 0.4) is 0 Å². The Kier molecular flexibility index (Phi) is 7.27. The fourth-order valence-electron chi connectivity index (χ4n) is 4.16. The average Bonchev–Trinajstić information content (AvgIpc) is 2.78. The topological polar surface area (TPSA) is 46.2 Å². The summed E-state index contributed by atoms with van der Waals surface area (Å²) in [6, 6.07) is 9.18. The minimum Gasteiger partial charge on any atom is -0.383 e. The van der Waals surface area contributed by atoms with Gasteiger partial charge in [0.1, 0.15) is 0 Å². The highest BCUT2D eigenvalue weighted by molar-refractivity contribution is 7.99. The first-order chi connectivity index (χ1) is 15.1. The Hall–Kier alpha value is -1.93. The van der Waals surface area contributed by atoms with Gasteiger partial charge in [-0.3, -0.25) is 0 Å². The maximum Gasteiger partial charge on any atom is 0.0642 e. The van der Waals surface area contributed by atoms with E-state index in [4.69, 9.17) is 14.2 Å². The molecule has 31 heavy (non-hydrogen) atoms. The minimum atomic E-state index is 0.691. The van der Waals surface area contributed by atoms with Crippen LogP contribution in [0.5, 0.6) is 0 Å². The number of anilines is 4. The van der Waals surface area contributed by atoms with Crippen LogP contribution in [-0.2, 0) is 14.2 Å². The van der Waals surface area contributed by atoms with E-state index in [0.29, 0.717) is 13.2 Å². The van der Waals surface area contributed by atoms with Crippen LogP contribution in [0.1, 0.15) is 11.1 Å². The molecule has 2 heterocycles. The van der Waals surface area contributed by atoms with Gasteiger partial charge in [-0.1, -0.05) is 11.8 Å². The fraction of sp³-hybridized carbons (Fsp3) is 0.500. The first kappa shape index (κ1) is 22.3. The molecule has 2 aromatic rings. The molecule has 1 fully saturated rings. The number of fused-ring (bicyclic) bond motifs is 2. The van der Waals surface area contributed by atoms with Gasteiger partial charge in [0.2, 0.25) is 0 Å². The van der Waals surface area contributed by atoms with Gasteiger partial charge in [-0.15, -0.1) is 0 Å². The maximum atomic E-state index is 5.53. The molecule has 0 saturated carbocycles. The summed E-state index contributed by atoms with van der Waals surface area (Å²) in [5.41, 5.74) is 7.46. The van der Waals surface area contributed by atoms with Crippen molar-refractivity contribution in [2.45, 2.75) is 23.6 Å². The molecule has 0 radical (unpaired) electrons. The lowest BCUT2D eigenvalue weighted by molar-refractivity contribution is 0.122. The van der Waals surface area contributed by atoms with E-state index in [1.165, 1.54) is 43.7 Å². The Morgan fingerprint density at radius 3 is 2.19 bits per heavy atom. The molecule has 6 nitrogen and oxygen atoms in total. The van der Waals surface area contributed by atoms with Crippen molar-refractivity contribution < 1.29 is 14.2 Å². The smallest absolute Gasteiger partial charge is 0.0642 e. The molecule has 0 atom stereocenters. The van der Waals surface area contributed by atoms with Crippen molar-refractivity contribution in [3.8, 4) is 0 Å². The van der Waals surface area contributed by atoms with Crippen LogP contribution >= 0.6 is 11.8 Å². The Balaban J connectivity index is 1.63. The first-order valence-electron chi connectivity index (χ1n) is 10.9. The summed E-state index contributed by atoms with van der Waals surface area (Å²) in [7, 11) is 3.50. The van der Waals surface area contributed by atoms with E-state index in [-0.39, 0.29) is 0 Å². The van der Waals surface area contributed by atoms with Gasteiger partial charge in [0.15, 0.2) is 0 Å². The van der Waals surface area contributed by atoms with Gasteiger partial charge in [0.25, 0.3) is 0 Å². The van der Waals surface area contributed by atoms with Crippen molar-refractivity contribution in [3.05, 3.63) is 35.4 Å². The lowest BCUT2D eigenvalue weighted by Gasteiger charge is -2.32. The Morgan fingerprint density at radius 1 is 0.935 bits per heavy atom. The molecular formula is C24H33N3O3S. The summed E-state index contributed by atoms with van der Waals surface area (Å²) in [4.78, 5) is 7.31. The zero-order chi connectivity index (χ0) is 21.8. The number of hydrogen-bond donors (Lipinski definition) is 1. The predicted molar refractivity (Wildman–Crippen MR) is 129 cm³/mol. The molecule has 0 aliphatic carbocycles. The second-order valence-electron chi connectivity index (χ2n) is 8.07.